The molecule has 1 rings (SSSR count). The van der Waals surface area contributed by atoms with Crippen LogP contribution in [0.15, 0.2) is 18.2 Å². The summed E-state index contributed by atoms with van der Waals surface area (Å²) in [5.74, 6) is 1.21. The van der Waals surface area contributed by atoms with Crippen molar-refractivity contribution in [1.82, 2.24) is 8.61 Å². The van der Waals surface area contributed by atoms with Crippen molar-refractivity contribution < 1.29 is 17.9 Å². The van der Waals surface area contributed by atoms with Gasteiger partial charge in [0.05, 0.1) is 14.2 Å². The predicted octanol–water partition coefficient (Wildman–Crippen LogP) is 1.72. The second-order valence-electron chi connectivity index (χ2n) is 4.54. The van der Waals surface area contributed by atoms with E-state index in [0.717, 1.165) is 5.56 Å². The van der Waals surface area contributed by atoms with Gasteiger partial charge in [-0.05, 0) is 17.7 Å². The lowest BCUT2D eigenvalue weighted by Gasteiger charge is -2.25. The molecule has 0 radical (unpaired) electrons. The van der Waals surface area contributed by atoms with Gasteiger partial charge in [-0.2, -0.15) is 17.0 Å². The Labute approximate surface area is 127 Å². The van der Waals surface area contributed by atoms with Crippen molar-refractivity contribution in [3.05, 3.63) is 23.8 Å². The Morgan fingerprint density at radius 2 is 1.62 bits per heavy atom. The normalized spacial score (nSPS) is 12.0. The molecule has 7 heteroatoms. The highest BCUT2D eigenvalue weighted by Crippen LogP contribution is 2.28. The third-order valence-corrected chi connectivity index (χ3v) is 5.36. The monoisotopic (exact) mass is 316 g/mol. The van der Waals surface area contributed by atoms with E-state index >= 15 is 0 Å². The van der Waals surface area contributed by atoms with Gasteiger partial charge in [-0.15, -0.1) is 0 Å². The fraction of sp³-hybridized carbons (Fsp3) is 0.571. The number of hydrogen-bond donors (Lipinski definition) is 0. The number of ether oxygens (including phenoxy) is 2. The van der Waals surface area contributed by atoms with E-state index in [9.17, 15) is 8.42 Å². The summed E-state index contributed by atoms with van der Waals surface area (Å²) in [5.41, 5.74) is 0.839. The summed E-state index contributed by atoms with van der Waals surface area (Å²) >= 11 is 0. The number of rotatable bonds is 8. The first-order chi connectivity index (χ1) is 9.90. The molecule has 0 aromatic heterocycles. The molecule has 1 aromatic rings. The van der Waals surface area contributed by atoms with E-state index in [2.05, 4.69) is 0 Å². The van der Waals surface area contributed by atoms with E-state index in [0.29, 0.717) is 24.6 Å². The Morgan fingerprint density at radius 3 is 2.10 bits per heavy atom. The molecule has 0 aliphatic carbocycles. The van der Waals surface area contributed by atoms with Gasteiger partial charge in [-0.25, -0.2) is 0 Å². The van der Waals surface area contributed by atoms with Crippen molar-refractivity contribution in [3.63, 3.8) is 0 Å². The Kier molecular flexibility index (Phi) is 6.44. The Hall–Kier alpha value is -1.31. The third-order valence-electron chi connectivity index (χ3n) is 3.28. The lowest BCUT2D eigenvalue weighted by molar-refractivity contribution is 0.352. The van der Waals surface area contributed by atoms with Gasteiger partial charge in [0, 0.05) is 26.7 Å². The molecule has 21 heavy (non-hydrogen) atoms. The largest absolute Gasteiger partial charge is 0.493 e. The van der Waals surface area contributed by atoms with Crippen LogP contribution in [0.5, 0.6) is 11.5 Å². The van der Waals surface area contributed by atoms with Crippen molar-refractivity contribution in [2.24, 2.45) is 0 Å². The maximum absolute atomic E-state index is 12.4. The van der Waals surface area contributed by atoms with Crippen LogP contribution in [0.1, 0.15) is 19.4 Å². The minimum absolute atomic E-state index is 0.277. The minimum Gasteiger partial charge on any atom is -0.493 e. The molecule has 0 aliphatic rings. The van der Waals surface area contributed by atoms with Crippen LogP contribution < -0.4 is 9.47 Å². The van der Waals surface area contributed by atoms with Crippen LogP contribution in [0, 0.1) is 0 Å². The van der Waals surface area contributed by atoms with Crippen molar-refractivity contribution in [2.75, 3.05) is 34.4 Å². The number of nitrogens with zero attached hydrogens (tertiary/aromatic N) is 2. The average molecular weight is 316 g/mol. The van der Waals surface area contributed by atoms with Crippen LogP contribution >= 0.6 is 0 Å². The second-order valence-corrected chi connectivity index (χ2v) is 6.57. The minimum atomic E-state index is -3.44. The SMILES string of the molecule is CCN(CC)S(=O)(=O)N(C)Cc1ccc(OC)c(OC)c1. The molecule has 0 amide bonds. The first-order valence-corrected chi connectivity index (χ1v) is 8.22. The van der Waals surface area contributed by atoms with Crippen molar-refractivity contribution in [1.29, 1.82) is 0 Å². The molecular weight excluding hydrogens is 292 g/mol. The van der Waals surface area contributed by atoms with Crippen molar-refractivity contribution >= 4 is 10.2 Å². The lowest BCUT2D eigenvalue weighted by atomic mass is 10.2. The van der Waals surface area contributed by atoms with Gasteiger partial charge < -0.3 is 9.47 Å². The van der Waals surface area contributed by atoms with Crippen LogP contribution in [-0.4, -0.2) is 51.4 Å². The zero-order valence-electron chi connectivity index (χ0n) is 13.3. The van der Waals surface area contributed by atoms with E-state index in [1.54, 1.807) is 33.4 Å². The predicted molar refractivity (Wildman–Crippen MR) is 82.9 cm³/mol. The van der Waals surface area contributed by atoms with Crippen molar-refractivity contribution in [2.45, 2.75) is 20.4 Å². The van der Waals surface area contributed by atoms with Crippen LogP contribution in [-0.2, 0) is 16.8 Å². The maximum Gasteiger partial charge on any atom is 0.282 e. The number of benzene rings is 1. The molecule has 0 aliphatic heterocycles. The summed E-state index contributed by atoms with van der Waals surface area (Å²) in [4.78, 5) is 0. The van der Waals surface area contributed by atoms with Crippen LogP contribution in [0.3, 0.4) is 0 Å². The molecule has 0 saturated heterocycles. The quantitative estimate of drug-likeness (QED) is 0.733. The van der Waals surface area contributed by atoms with E-state index in [1.807, 2.05) is 19.9 Å². The molecule has 0 saturated carbocycles. The van der Waals surface area contributed by atoms with Gasteiger partial charge >= 0.3 is 0 Å². The topological polar surface area (TPSA) is 59.1 Å². The van der Waals surface area contributed by atoms with E-state index in [-0.39, 0.29) is 6.54 Å². The van der Waals surface area contributed by atoms with Gasteiger partial charge in [-0.1, -0.05) is 19.9 Å². The highest BCUT2D eigenvalue weighted by Gasteiger charge is 2.24. The second kappa shape index (κ2) is 7.63. The molecule has 0 unspecified atom stereocenters. The zero-order valence-corrected chi connectivity index (χ0v) is 14.1. The van der Waals surface area contributed by atoms with E-state index in [4.69, 9.17) is 9.47 Å². The third kappa shape index (κ3) is 4.09. The Morgan fingerprint density at radius 1 is 1.05 bits per heavy atom. The van der Waals surface area contributed by atoms with E-state index < -0.39 is 10.2 Å². The fourth-order valence-corrected chi connectivity index (χ4v) is 3.42. The molecule has 0 spiro atoms. The van der Waals surface area contributed by atoms with Gasteiger partial charge in [-0.3, -0.25) is 0 Å². The summed E-state index contributed by atoms with van der Waals surface area (Å²) in [5, 5.41) is 0. The molecular formula is C14H24N2O4S. The number of hydrogen-bond acceptors (Lipinski definition) is 4. The zero-order chi connectivity index (χ0) is 16.0. The molecule has 1 aromatic carbocycles. The molecule has 0 heterocycles. The van der Waals surface area contributed by atoms with Crippen LogP contribution in [0.4, 0.5) is 0 Å². The molecule has 0 atom stereocenters. The average Bonchev–Trinajstić information content (AvgIpc) is 2.47. The first kappa shape index (κ1) is 17.7. The smallest absolute Gasteiger partial charge is 0.282 e. The maximum atomic E-state index is 12.4. The summed E-state index contributed by atoms with van der Waals surface area (Å²) < 4.78 is 37.9. The fourth-order valence-electron chi connectivity index (χ4n) is 2.06. The summed E-state index contributed by atoms with van der Waals surface area (Å²) in [7, 11) is 1.25. The molecule has 6 nitrogen and oxygen atoms in total. The molecule has 120 valence electrons. The van der Waals surface area contributed by atoms with Crippen LogP contribution in [0.25, 0.3) is 0 Å². The standard InChI is InChI=1S/C14H24N2O4S/c1-6-16(7-2)21(17,18)15(3)11-12-8-9-13(19-4)14(10-12)20-5/h8-10H,6-7,11H2,1-5H3. The Bertz CT molecular complexity index is 556. The van der Waals surface area contributed by atoms with Gasteiger partial charge in [0.15, 0.2) is 11.5 Å². The van der Waals surface area contributed by atoms with Gasteiger partial charge in [0.1, 0.15) is 0 Å². The van der Waals surface area contributed by atoms with E-state index in [1.165, 1.54) is 8.61 Å². The first-order valence-electron chi connectivity index (χ1n) is 6.82. The molecule has 0 fully saturated rings. The Balaban J connectivity index is 2.95. The van der Waals surface area contributed by atoms with Gasteiger partial charge in [0.2, 0.25) is 0 Å². The van der Waals surface area contributed by atoms with Crippen LogP contribution in [0.2, 0.25) is 0 Å². The van der Waals surface area contributed by atoms with Gasteiger partial charge in [0.25, 0.3) is 10.2 Å². The summed E-state index contributed by atoms with van der Waals surface area (Å²) in [6.45, 7) is 4.83. The summed E-state index contributed by atoms with van der Waals surface area (Å²) in [6.07, 6.45) is 0. The number of methoxy groups -OCH3 is 2. The molecule has 0 bridgehead atoms. The van der Waals surface area contributed by atoms with Crippen molar-refractivity contribution in [3.8, 4) is 11.5 Å². The highest BCUT2D eigenvalue weighted by atomic mass is 32.2. The summed E-state index contributed by atoms with van der Waals surface area (Å²) in [6, 6.07) is 5.38. The molecule has 0 N–H and O–H groups in total. The lowest BCUT2D eigenvalue weighted by Crippen LogP contribution is -2.41. The highest BCUT2D eigenvalue weighted by molar-refractivity contribution is 7.86.